The lowest BCUT2D eigenvalue weighted by Crippen LogP contribution is -2.48. The molecule has 0 atom stereocenters. The van der Waals surface area contributed by atoms with Crippen molar-refractivity contribution in [1.82, 2.24) is 15.6 Å². The van der Waals surface area contributed by atoms with Crippen LogP contribution in [0.25, 0.3) is 0 Å². The normalized spacial score (nSPS) is 19.3. The minimum absolute atomic E-state index is 0.0153. The molecule has 9 heteroatoms. The van der Waals surface area contributed by atoms with E-state index in [0.29, 0.717) is 18.9 Å². The van der Waals surface area contributed by atoms with Crippen LogP contribution >= 0.6 is 0 Å². The van der Waals surface area contributed by atoms with Gasteiger partial charge in [-0.2, -0.15) is 13.2 Å². The van der Waals surface area contributed by atoms with Crippen LogP contribution in [0.5, 0.6) is 0 Å². The van der Waals surface area contributed by atoms with E-state index in [1.165, 1.54) is 0 Å². The fourth-order valence-electron chi connectivity index (χ4n) is 2.84. The van der Waals surface area contributed by atoms with Crippen LogP contribution in [0.15, 0.2) is 18.3 Å². The quantitative estimate of drug-likeness (QED) is 0.767. The summed E-state index contributed by atoms with van der Waals surface area (Å²) in [6, 6.07) is 2.97. The smallest absolute Gasteiger partial charge is 0.351 e. The van der Waals surface area contributed by atoms with Crippen LogP contribution in [-0.4, -0.2) is 43.0 Å². The van der Waals surface area contributed by atoms with Crippen LogP contribution in [0.4, 0.5) is 28.2 Å². The SMILES string of the molecule is O=C(NCCC1(C(F)(F)F)CC1)NCc1ccnc(N2CC(F)C2)c1. The van der Waals surface area contributed by atoms with Gasteiger partial charge in [-0.05, 0) is 37.0 Å². The second-order valence-electron chi connectivity index (χ2n) is 6.66. The third-order valence-corrected chi connectivity index (χ3v) is 4.77. The molecule has 138 valence electrons. The van der Waals surface area contributed by atoms with Crippen molar-refractivity contribution in [2.45, 2.75) is 38.2 Å². The monoisotopic (exact) mass is 360 g/mol. The minimum atomic E-state index is -4.20. The number of hydrogen-bond acceptors (Lipinski definition) is 3. The van der Waals surface area contributed by atoms with Gasteiger partial charge in [0.05, 0.1) is 18.5 Å². The largest absolute Gasteiger partial charge is 0.394 e. The second kappa shape index (κ2) is 6.68. The van der Waals surface area contributed by atoms with Crippen molar-refractivity contribution in [1.29, 1.82) is 0 Å². The summed E-state index contributed by atoms with van der Waals surface area (Å²) in [5, 5.41) is 5.06. The van der Waals surface area contributed by atoms with E-state index in [1.54, 1.807) is 23.2 Å². The number of alkyl halides is 4. The molecule has 0 radical (unpaired) electrons. The van der Waals surface area contributed by atoms with Crippen molar-refractivity contribution in [2.24, 2.45) is 5.41 Å². The highest BCUT2D eigenvalue weighted by Gasteiger charge is 2.62. The van der Waals surface area contributed by atoms with E-state index in [9.17, 15) is 22.4 Å². The molecule has 0 bridgehead atoms. The van der Waals surface area contributed by atoms with Gasteiger partial charge in [0, 0.05) is 19.3 Å². The molecule has 2 aliphatic rings. The molecule has 1 saturated heterocycles. The lowest BCUT2D eigenvalue weighted by Gasteiger charge is -2.35. The maximum Gasteiger partial charge on any atom is 0.394 e. The number of urea groups is 1. The number of amides is 2. The van der Waals surface area contributed by atoms with Gasteiger partial charge >= 0.3 is 12.2 Å². The molecule has 5 nitrogen and oxygen atoms in total. The zero-order valence-electron chi connectivity index (χ0n) is 13.6. The highest BCUT2D eigenvalue weighted by atomic mass is 19.4. The number of nitrogens with zero attached hydrogens (tertiary/aromatic N) is 2. The summed E-state index contributed by atoms with van der Waals surface area (Å²) in [6.07, 6.45) is -3.28. The lowest BCUT2D eigenvalue weighted by atomic mass is 10.0. The van der Waals surface area contributed by atoms with E-state index < -0.39 is 23.8 Å². The van der Waals surface area contributed by atoms with E-state index in [2.05, 4.69) is 15.6 Å². The molecule has 25 heavy (non-hydrogen) atoms. The highest BCUT2D eigenvalue weighted by molar-refractivity contribution is 5.73. The molecular weight excluding hydrogens is 340 g/mol. The van der Waals surface area contributed by atoms with Gasteiger partial charge in [-0.1, -0.05) is 0 Å². The molecule has 2 fully saturated rings. The number of carbonyl (C=O) groups excluding carboxylic acids is 1. The molecular formula is C16H20F4N4O. The van der Waals surface area contributed by atoms with Gasteiger partial charge in [-0.15, -0.1) is 0 Å². The van der Waals surface area contributed by atoms with Crippen LogP contribution < -0.4 is 15.5 Å². The highest BCUT2D eigenvalue weighted by Crippen LogP contribution is 2.59. The minimum Gasteiger partial charge on any atom is -0.351 e. The molecule has 0 spiro atoms. The maximum absolute atomic E-state index is 12.9. The summed E-state index contributed by atoms with van der Waals surface area (Å²) < 4.78 is 51.3. The topological polar surface area (TPSA) is 57.3 Å². The zero-order chi connectivity index (χ0) is 18.1. The Morgan fingerprint density at radius 1 is 1.32 bits per heavy atom. The molecule has 1 aliphatic carbocycles. The number of rotatable bonds is 6. The molecule has 1 aromatic rings. The molecule has 3 rings (SSSR count). The van der Waals surface area contributed by atoms with Crippen molar-refractivity contribution >= 4 is 11.8 Å². The molecule has 0 unspecified atom stereocenters. The van der Waals surface area contributed by atoms with Crippen LogP contribution in [0.3, 0.4) is 0 Å². The third kappa shape index (κ3) is 4.13. The van der Waals surface area contributed by atoms with Crippen molar-refractivity contribution in [3.8, 4) is 0 Å². The molecule has 2 heterocycles. The molecule has 2 amide bonds. The zero-order valence-corrected chi connectivity index (χ0v) is 13.6. The van der Waals surface area contributed by atoms with Crippen molar-refractivity contribution in [3.63, 3.8) is 0 Å². The molecule has 1 aliphatic heterocycles. The van der Waals surface area contributed by atoms with Gasteiger partial charge in [0.15, 0.2) is 0 Å². The summed E-state index contributed by atoms with van der Waals surface area (Å²) >= 11 is 0. The summed E-state index contributed by atoms with van der Waals surface area (Å²) in [7, 11) is 0. The van der Waals surface area contributed by atoms with Crippen molar-refractivity contribution < 1.29 is 22.4 Å². The Labute approximate surface area is 142 Å². The second-order valence-corrected chi connectivity index (χ2v) is 6.66. The van der Waals surface area contributed by atoms with E-state index in [0.717, 1.165) is 5.56 Å². The molecule has 1 aromatic heterocycles. The molecule has 2 N–H and O–H groups in total. The first-order valence-corrected chi connectivity index (χ1v) is 8.21. The Morgan fingerprint density at radius 3 is 2.64 bits per heavy atom. The number of hydrogen-bond donors (Lipinski definition) is 2. The first-order chi connectivity index (χ1) is 11.8. The first-order valence-electron chi connectivity index (χ1n) is 8.21. The standard InChI is InChI=1S/C16H20F4N4O/c17-12-9-24(10-12)13-7-11(1-5-21-13)8-23-14(25)22-6-4-15(2-3-15)16(18,19)20/h1,5,7,12H,2-4,6,8-10H2,(H2,22,23,25). The Kier molecular flexibility index (Phi) is 4.75. The fraction of sp³-hybridized carbons (Fsp3) is 0.625. The molecule has 1 saturated carbocycles. The van der Waals surface area contributed by atoms with E-state index in [4.69, 9.17) is 0 Å². The number of nitrogens with one attached hydrogen (secondary N) is 2. The predicted molar refractivity (Wildman–Crippen MR) is 83.9 cm³/mol. The van der Waals surface area contributed by atoms with Crippen LogP contribution in [0.2, 0.25) is 0 Å². The Balaban J connectivity index is 1.40. The van der Waals surface area contributed by atoms with E-state index >= 15 is 0 Å². The predicted octanol–water partition coefficient (Wildman–Crippen LogP) is 2.77. The number of pyridine rings is 1. The number of halogens is 4. The van der Waals surface area contributed by atoms with E-state index in [1.807, 2.05) is 0 Å². The van der Waals surface area contributed by atoms with E-state index in [-0.39, 0.29) is 32.4 Å². The number of anilines is 1. The third-order valence-electron chi connectivity index (χ3n) is 4.77. The van der Waals surface area contributed by atoms with Crippen LogP contribution in [-0.2, 0) is 6.54 Å². The fourth-order valence-corrected chi connectivity index (χ4v) is 2.84. The van der Waals surface area contributed by atoms with Gasteiger partial charge in [0.1, 0.15) is 12.0 Å². The Morgan fingerprint density at radius 2 is 2.04 bits per heavy atom. The van der Waals surface area contributed by atoms with Gasteiger partial charge in [0.25, 0.3) is 0 Å². The van der Waals surface area contributed by atoms with Gasteiger partial charge in [-0.25, -0.2) is 14.2 Å². The van der Waals surface area contributed by atoms with Gasteiger partial charge in [0.2, 0.25) is 0 Å². The number of aromatic nitrogens is 1. The summed E-state index contributed by atoms with van der Waals surface area (Å²) in [5.41, 5.74) is -0.817. The summed E-state index contributed by atoms with van der Waals surface area (Å²) in [5.74, 6) is 0.648. The Bertz CT molecular complexity index is 627. The van der Waals surface area contributed by atoms with Crippen LogP contribution in [0, 0.1) is 5.41 Å². The summed E-state index contributed by atoms with van der Waals surface area (Å²) in [4.78, 5) is 17.7. The number of carbonyl (C=O) groups is 1. The molecule has 0 aromatic carbocycles. The Hall–Kier alpha value is -2.06. The van der Waals surface area contributed by atoms with Crippen molar-refractivity contribution in [2.75, 3.05) is 24.5 Å². The average Bonchev–Trinajstić information content (AvgIpc) is 3.31. The van der Waals surface area contributed by atoms with Crippen LogP contribution in [0.1, 0.15) is 24.8 Å². The van der Waals surface area contributed by atoms with Crippen molar-refractivity contribution in [3.05, 3.63) is 23.9 Å². The average molecular weight is 360 g/mol. The maximum atomic E-state index is 12.9. The lowest BCUT2D eigenvalue weighted by molar-refractivity contribution is -0.188. The van der Waals surface area contributed by atoms with Gasteiger partial charge in [-0.3, -0.25) is 0 Å². The first kappa shape index (κ1) is 17.8. The summed E-state index contributed by atoms with van der Waals surface area (Å²) in [6.45, 7) is 0.827. The van der Waals surface area contributed by atoms with Gasteiger partial charge < -0.3 is 15.5 Å².